The van der Waals surface area contributed by atoms with E-state index in [1.165, 1.54) is 11.3 Å². The molecule has 0 saturated heterocycles. The average Bonchev–Trinajstić information content (AvgIpc) is 2.46. The summed E-state index contributed by atoms with van der Waals surface area (Å²) >= 11 is 1.47. The molecule has 0 saturated carbocycles. The molecule has 0 aromatic carbocycles. The zero-order chi connectivity index (χ0) is 12.6. The Morgan fingerprint density at radius 1 is 1.25 bits per heavy atom. The Labute approximate surface area is 101 Å². The first-order valence-corrected chi connectivity index (χ1v) is 6.20. The van der Waals surface area contributed by atoms with Crippen LogP contribution in [0.15, 0.2) is 6.20 Å². The lowest BCUT2D eigenvalue weighted by Crippen LogP contribution is -2.40. The van der Waals surface area contributed by atoms with E-state index in [4.69, 9.17) is 0 Å². The summed E-state index contributed by atoms with van der Waals surface area (Å²) in [6.45, 7) is 12.2. The van der Waals surface area contributed by atoms with Crippen LogP contribution < -0.4 is 5.32 Å². The molecular weight excluding hydrogens is 220 g/mol. The second kappa shape index (κ2) is 4.17. The third-order valence-electron chi connectivity index (χ3n) is 1.86. The third kappa shape index (κ3) is 3.59. The highest BCUT2D eigenvalue weighted by Gasteiger charge is 2.22. The van der Waals surface area contributed by atoms with E-state index in [-0.39, 0.29) is 16.9 Å². The second-order valence-electron chi connectivity index (χ2n) is 5.98. The van der Waals surface area contributed by atoms with Gasteiger partial charge in [-0.2, -0.15) is 0 Å². The minimum Gasteiger partial charge on any atom is -0.347 e. The molecule has 3 nitrogen and oxygen atoms in total. The summed E-state index contributed by atoms with van der Waals surface area (Å²) in [7, 11) is 0. The van der Waals surface area contributed by atoms with E-state index in [0.29, 0.717) is 4.88 Å². The van der Waals surface area contributed by atoms with Crippen LogP contribution in [0, 0.1) is 0 Å². The van der Waals surface area contributed by atoms with E-state index in [9.17, 15) is 4.79 Å². The summed E-state index contributed by atoms with van der Waals surface area (Å²) in [5.74, 6) is -0.0412. The smallest absolute Gasteiger partial charge is 0.263 e. The minimum atomic E-state index is -0.205. The molecule has 1 rings (SSSR count). The van der Waals surface area contributed by atoms with Crippen molar-refractivity contribution in [3.63, 3.8) is 0 Å². The van der Waals surface area contributed by atoms with Crippen molar-refractivity contribution in [2.24, 2.45) is 0 Å². The van der Waals surface area contributed by atoms with Crippen LogP contribution in [-0.2, 0) is 5.41 Å². The van der Waals surface area contributed by atoms with Gasteiger partial charge in [0.1, 0.15) is 4.88 Å². The molecule has 1 aromatic rings. The summed E-state index contributed by atoms with van der Waals surface area (Å²) < 4.78 is 0. The normalized spacial score (nSPS) is 12.6. The van der Waals surface area contributed by atoms with Gasteiger partial charge in [0.2, 0.25) is 0 Å². The quantitative estimate of drug-likeness (QED) is 0.820. The van der Waals surface area contributed by atoms with E-state index in [1.54, 1.807) is 6.20 Å². The van der Waals surface area contributed by atoms with Gasteiger partial charge in [-0.05, 0) is 20.8 Å². The predicted octanol–water partition coefficient (Wildman–Crippen LogP) is 2.97. The topological polar surface area (TPSA) is 42.0 Å². The third-order valence-corrected chi connectivity index (χ3v) is 3.28. The van der Waals surface area contributed by atoms with Gasteiger partial charge in [-0.1, -0.05) is 20.8 Å². The number of aromatic nitrogens is 1. The Morgan fingerprint density at radius 3 is 2.19 bits per heavy atom. The van der Waals surface area contributed by atoms with Gasteiger partial charge in [-0.3, -0.25) is 4.79 Å². The molecule has 0 radical (unpaired) electrons. The lowest BCUT2D eigenvalue weighted by Gasteiger charge is -2.19. The maximum Gasteiger partial charge on any atom is 0.263 e. The largest absolute Gasteiger partial charge is 0.347 e. The van der Waals surface area contributed by atoms with Crippen molar-refractivity contribution in [1.82, 2.24) is 10.3 Å². The van der Waals surface area contributed by atoms with Gasteiger partial charge in [0.15, 0.2) is 0 Å². The first-order valence-electron chi connectivity index (χ1n) is 5.38. The summed E-state index contributed by atoms with van der Waals surface area (Å²) in [5, 5.41) is 3.92. The first kappa shape index (κ1) is 13.2. The zero-order valence-electron chi connectivity index (χ0n) is 10.8. The fraction of sp³-hybridized carbons (Fsp3) is 0.667. The first-order chi connectivity index (χ1) is 7.09. The summed E-state index contributed by atoms with van der Waals surface area (Å²) in [6.07, 6.45) is 1.66. The van der Waals surface area contributed by atoms with Gasteiger partial charge in [0.05, 0.1) is 11.2 Å². The van der Waals surface area contributed by atoms with Crippen LogP contribution in [0.1, 0.15) is 56.2 Å². The second-order valence-corrected chi connectivity index (χ2v) is 7.01. The SMILES string of the molecule is CC(C)(C)NC(=O)c1cnc(C(C)(C)C)s1. The van der Waals surface area contributed by atoms with Gasteiger partial charge >= 0.3 is 0 Å². The Hall–Kier alpha value is -0.900. The Kier molecular flexibility index (Phi) is 3.43. The number of hydrogen-bond donors (Lipinski definition) is 1. The van der Waals surface area contributed by atoms with Crippen LogP contribution in [-0.4, -0.2) is 16.4 Å². The summed E-state index contributed by atoms with van der Waals surface area (Å²) in [4.78, 5) is 16.8. The number of carbonyl (C=O) groups excluding carboxylic acids is 1. The molecule has 1 amide bonds. The molecule has 0 atom stereocenters. The van der Waals surface area contributed by atoms with Crippen molar-refractivity contribution in [1.29, 1.82) is 0 Å². The number of nitrogens with zero attached hydrogens (tertiary/aromatic N) is 1. The number of amides is 1. The summed E-state index contributed by atoms with van der Waals surface area (Å²) in [5.41, 5.74) is -0.200. The van der Waals surface area contributed by atoms with E-state index in [0.717, 1.165) is 5.01 Å². The zero-order valence-corrected chi connectivity index (χ0v) is 11.7. The fourth-order valence-corrected chi connectivity index (χ4v) is 2.00. The summed E-state index contributed by atoms with van der Waals surface area (Å²) in [6, 6.07) is 0. The van der Waals surface area contributed by atoms with E-state index in [1.807, 2.05) is 20.8 Å². The number of rotatable bonds is 1. The molecule has 1 heterocycles. The maximum atomic E-state index is 11.9. The van der Waals surface area contributed by atoms with Gasteiger partial charge in [-0.15, -0.1) is 11.3 Å². The molecule has 0 fully saturated rings. The van der Waals surface area contributed by atoms with Gasteiger partial charge in [-0.25, -0.2) is 4.98 Å². The molecule has 0 aliphatic rings. The number of nitrogens with one attached hydrogen (secondary N) is 1. The molecule has 0 aliphatic heterocycles. The Bertz CT molecular complexity index is 382. The highest BCUT2D eigenvalue weighted by atomic mass is 32.1. The van der Waals surface area contributed by atoms with Crippen molar-refractivity contribution in [3.8, 4) is 0 Å². The molecule has 0 spiro atoms. The number of hydrogen-bond acceptors (Lipinski definition) is 3. The van der Waals surface area contributed by atoms with Gasteiger partial charge < -0.3 is 5.32 Å². The van der Waals surface area contributed by atoms with Crippen LogP contribution in [0.25, 0.3) is 0 Å². The number of carbonyl (C=O) groups is 1. The lowest BCUT2D eigenvalue weighted by molar-refractivity contribution is 0.0923. The van der Waals surface area contributed by atoms with E-state index >= 15 is 0 Å². The standard InChI is InChI=1S/C12H20N2OS/c1-11(2,3)10-13-7-8(16-10)9(15)14-12(4,5)6/h7H,1-6H3,(H,14,15). The average molecular weight is 240 g/mol. The van der Waals surface area contributed by atoms with Crippen molar-refractivity contribution in [2.75, 3.05) is 0 Å². The molecule has 1 aromatic heterocycles. The molecule has 1 N–H and O–H groups in total. The van der Waals surface area contributed by atoms with E-state index < -0.39 is 0 Å². The molecule has 0 aliphatic carbocycles. The van der Waals surface area contributed by atoms with Gasteiger partial charge in [0, 0.05) is 11.0 Å². The van der Waals surface area contributed by atoms with Crippen LogP contribution in [0.3, 0.4) is 0 Å². The number of thiazole rings is 1. The molecule has 90 valence electrons. The van der Waals surface area contributed by atoms with E-state index in [2.05, 4.69) is 31.1 Å². The van der Waals surface area contributed by atoms with Gasteiger partial charge in [0.25, 0.3) is 5.91 Å². The molecule has 4 heteroatoms. The van der Waals surface area contributed by atoms with Crippen LogP contribution in [0.2, 0.25) is 0 Å². The lowest BCUT2D eigenvalue weighted by atomic mass is 9.98. The monoisotopic (exact) mass is 240 g/mol. The molecule has 0 bridgehead atoms. The maximum absolute atomic E-state index is 11.9. The highest BCUT2D eigenvalue weighted by Crippen LogP contribution is 2.26. The Morgan fingerprint density at radius 2 is 1.81 bits per heavy atom. The van der Waals surface area contributed by atoms with Crippen LogP contribution in [0.4, 0.5) is 0 Å². The molecule has 0 unspecified atom stereocenters. The van der Waals surface area contributed by atoms with Crippen molar-refractivity contribution in [3.05, 3.63) is 16.1 Å². The molecule has 16 heavy (non-hydrogen) atoms. The highest BCUT2D eigenvalue weighted by molar-refractivity contribution is 7.13. The minimum absolute atomic E-state index is 0.00489. The van der Waals surface area contributed by atoms with Crippen LogP contribution in [0.5, 0.6) is 0 Å². The van der Waals surface area contributed by atoms with Crippen molar-refractivity contribution < 1.29 is 4.79 Å². The van der Waals surface area contributed by atoms with Crippen molar-refractivity contribution >= 4 is 17.2 Å². The Balaban J connectivity index is 2.83. The fourth-order valence-electron chi connectivity index (χ4n) is 1.13. The van der Waals surface area contributed by atoms with Crippen LogP contribution >= 0.6 is 11.3 Å². The van der Waals surface area contributed by atoms with Crippen molar-refractivity contribution in [2.45, 2.75) is 52.5 Å². The predicted molar refractivity (Wildman–Crippen MR) is 68.0 cm³/mol. The molecular formula is C12H20N2OS.